The predicted molar refractivity (Wildman–Crippen MR) is 117 cm³/mol. The summed E-state index contributed by atoms with van der Waals surface area (Å²) in [6.45, 7) is 5.38. The number of thioether (sulfide) groups is 1. The number of benzene rings is 1. The largest absolute Gasteiger partial charge is 0.463 e. The number of likely N-dealkylation sites (N-methyl/N-ethyl adjacent to an activating group) is 1. The fourth-order valence-electron chi connectivity index (χ4n) is 3.38. The van der Waals surface area contributed by atoms with Crippen LogP contribution in [0.1, 0.15) is 31.9 Å². The molecule has 1 aliphatic rings. The molecule has 0 bridgehead atoms. The quantitative estimate of drug-likeness (QED) is 0.576. The average Bonchev–Trinajstić information content (AvgIpc) is 2.74. The molecule has 0 spiro atoms. The standard InChI is InChI=1S/C22H27F3N2O4S/c1-5-30-20(28)16-13(3)27(4)19(32-11-10-26)18(21(29)31-6-2)17(16)14-8-7-9-15(12-14)22(23,24)25/h7-9,12,19H,5-6,10-11,26H2,1-4H3. The van der Waals surface area contributed by atoms with E-state index in [1.807, 2.05) is 0 Å². The predicted octanol–water partition coefficient (Wildman–Crippen LogP) is 3.82. The van der Waals surface area contributed by atoms with Gasteiger partial charge in [0.1, 0.15) is 5.37 Å². The number of rotatable bonds is 8. The number of hydrogen-bond donors (Lipinski definition) is 1. The molecule has 0 radical (unpaired) electrons. The summed E-state index contributed by atoms with van der Waals surface area (Å²) in [5, 5.41) is -0.611. The summed E-state index contributed by atoms with van der Waals surface area (Å²) in [6.07, 6.45) is -4.59. The lowest BCUT2D eigenvalue weighted by Gasteiger charge is -2.38. The van der Waals surface area contributed by atoms with Gasteiger partial charge in [-0.25, -0.2) is 9.59 Å². The van der Waals surface area contributed by atoms with Crippen LogP contribution in [0.4, 0.5) is 13.2 Å². The molecule has 0 saturated heterocycles. The van der Waals surface area contributed by atoms with E-state index >= 15 is 0 Å². The zero-order valence-corrected chi connectivity index (χ0v) is 19.2. The van der Waals surface area contributed by atoms with Crippen LogP contribution in [0.2, 0.25) is 0 Å². The summed E-state index contributed by atoms with van der Waals surface area (Å²) in [7, 11) is 1.70. The molecule has 0 saturated carbocycles. The summed E-state index contributed by atoms with van der Waals surface area (Å²) in [5.74, 6) is -0.959. The smallest absolute Gasteiger partial charge is 0.416 e. The topological polar surface area (TPSA) is 81.9 Å². The first-order chi connectivity index (χ1) is 15.1. The number of esters is 2. The van der Waals surface area contributed by atoms with E-state index in [0.29, 0.717) is 18.0 Å². The van der Waals surface area contributed by atoms with E-state index in [2.05, 4.69) is 0 Å². The van der Waals surface area contributed by atoms with Gasteiger partial charge in [-0.2, -0.15) is 13.2 Å². The van der Waals surface area contributed by atoms with Crippen molar-refractivity contribution in [2.75, 3.05) is 32.6 Å². The maximum Gasteiger partial charge on any atom is 0.416 e. The summed E-state index contributed by atoms with van der Waals surface area (Å²) >= 11 is 1.34. The number of halogens is 3. The first-order valence-corrected chi connectivity index (χ1v) is 11.1. The Morgan fingerprint density at radius 2 is 1.78 bits per heavy atom. The molecule has 6 nitrogen and oxygen atoms in total. The molecule has 10 heteroatoms. The number of allylic oxidation sites excluding steroid dienone is 1. The Balaban J connectivity index is 2.89. The van der Waals surface area contributed by atoms with Gasteiger partial charge >= 0.3 is 18.1 Å². The minimum Gasteiger partial charge on any atom is -0.463 e. The minimum atomic E-state index is -4.59. The highest BCUT2D eigenvalue weighted by Gasteiger charge is 2.40. The van der Waals surface area contributed by atoms with Crippen molar-refractivity contribution in [3.63, 3.8) is 0 Å². The number of ether oxygens (including phenoxy) is 2. The van der Waals surface area contributed by atoms with Gasteiger partial charge in [-0.1, -0.05) is 12.1 Å². The SMILES string of the molecule is CCOC(=O)C1=C(C)N(C)C(SCCN)C(C(=O)OCC)=C1c1cccc(C(F)(F)F)c1. The van der Waals surface area contributed by atoms with Crippen LogP contribution in [0.15, 0.2) is 41.1 Å². The van der Waals surface area contributed by atoms with Crippen LogP contribution in [0.3, 0.4) is 0 Å². The van der Waals surface area contributed by atoms with Gasteiger partial charge in [0.15, 0.2) is 0 Å². The van der Waals surface area contributed by atoms with E-state index in [0.717, 1.165) is 12.1 Å². The number of nitrogens with two attached hydrogens (primary N) is 1. The molecule has 0 aromatic heterocycles. The van der Waals surface area contributed by atoms with Crippen LogP contribution in [-0.4, -0.2) is 54.8 Å². The molecular weight excluding hydrogens is 445 g/mol. The summed E-state index contributed by atoms with van der Waals surface area (Å²) in [5.41, 5.74) is 5.51. The fraction of sp³-hybridized carbons (Fsp3) is 0.455. The van der Waals surface area contributed by atoms with Crippen LogP contribution in [0, 0.1) is 0 Å². The van der Waals surface area contributed by atoms with Gasteiger partial charge in [-0.05, 0) is 38.5 Å². The van der Waals surface area contributed by atoms with Crippen molar-refractivity contribution in [1.29, 1.82) is 0 Å². The monoisotopic (exact) mass is 472 g/mol. The number of carbonyl (C=O) groups is 2. The van der Waals surface area contributed by atoms with Crippen molar-refractivity contribution in [3.8, 4) is 0 Å². The van der Waals surface area contributed by atoms with Gasteiger partial charge in [0.05, 0.1) is 29.9 Å². The number of alkyl halides is 3. The van der Waals surface area contributed by atoms with Crippen LogP contribution >= 0.6 is 11.8 Å². The minimum absolute atomic E-state index is 0.0290. The Bertz CT molecular complexity index is 928. The highest BCUT2D eigenvalue weighted by atomic mass is 32.2. The van der Waals surface area contributed by atoms with E-state index in [-0.39, 0.29) is 35.5 Å². The number of carbonyl (C=O) groups excluding carboxylic acids is 2. The second-order valence-electron chi connectivity index (χ2n) is 6.89. The zero-order chi connectivity index (χ0) is 24.1. The number of hydrogen-bond acceptors (Lipinski definition) is 7. The highest BCUT2D eigenvalue weighted by molar-refractivity contribution is 8.00. The van der Waals surface area contributed by atoms with Gasteiger partial charge in [-0.15, -0.1) is 11.8 Å². The van der Waals surface area contributed by atoms with Crippen molar-refractivity contribution in [1.82, 2.24) is 4.90 Å². The van der Waals surface area contributed by atoms with Crippen molar-refractivity contribution in [3.05, 3.63) is 52.2 Å². The first-order valence-electron chi connectivity index (χ1n) is 10.1. The Labute approximate surface area is 189 Å². The molecule has 2 rings (SSSR count). The molecule has 1 aromatic rings. The summed E-state index contributed by atoms with van der Waals surface area (Å²) in [4.78, 5) is 27.7. The van der Waals surface area contributed by atoms with Crippen LogP contribution in [0.5, 0.6) is 0 Å². The lowest BCUT2D eigenvalue weighted by atomic mass is 9.87. The third-order valence-corrected chi connectivity index (χ3v) is 6.20. The molecule has 1 unspecified atom stereocenters. The van der Waals surface area contributed by atoms with E-state index in [1.165, 1.54) is 23.9 Å². The normalized spacial score (nSPS) is 17.0. The molecule has 0 aliphatic carbocycles. The van der Waals surface area contributed by atoms with Crippen molar-refractivity contribution in [2.45, 2.75) is 32.3 Å². The molecule has 32 heavy (non-hydrogen) atoms. The van der Waals surface area contributed by atoms with Gasteiger partial charge < -0.3 is 20.1 Å². The van der Waals surface area contributed by atoms with Crippen molar-refractivity contribution < 1.29 is 32.2 Å². The molecule has 2 N–H and O–H groups in total. The molecule has 1 heterocycles. The Morgan fingerprint density at radius 3 is 2.34 bits per heavy atom. The maximum absolute atomic E-state index is 13.4. The Hall–Kier alpha value is -2.46. The molecule has 1 atom stereocenters. The van der Waals surface area contributed by atoms with Crippen molar-refractivity contribution >= 4 is 29.3 Å². The second-order valence-corrected chi connectivity index (χ2v) is 8.08. The third-order valence-electron chi connectivity index (χ3n) is 4.86. The van der Waals surface area contributed by atoms with E-state index in [4.69, 9.17) is 15.2 Å². The van der Waals surface area contributed by atoms with Crippen LogP contribution in [-0.2, 0) is 25.2 Å². The summed E-state index contributed by atoms with van der Waals surface area (Å²) in [6, 6.07) is 4.54. The van der Waals surface area contributed by atoms with Gasteiger partial charge in [0.25, 0.3) is 0 Å². The van der Waals surface area contributed by atoms with Crippen LogP contribution in [0.25, 0.3) is 5.57 Å². The van der Waals surface area contributed by atoms with Crippen molar-refractivity contribution in [2.24, 2.45) is 5.73 Å². The van der Waals surface area contributed by atoms with Gasteiger partial charge in [-0.3, -0.25) is 0 Å². The molecule has 1 aromatic carbocycles. The third kappa shape index (κ3) is 5.47. The zero-order valence-electron chi connectivity index (χ0n) is 18.4. The van der Waals surface area contributed by atoms with E-state index < -0.39 is 29.1 Å². The fourth-order valence-corrected chi connectivity index (χ4v) is 4.50. The highest BCUT2D eigenvalue weighted by Crippen LogP contribution is 2.43. The van der Waals surface area contributed by atoms with E-state index in [9.17, 15) is 22.8 Å². The Kier molecular flexibility index (Phi) is 8.80. The van der Waals surface area contributed by atoms with Crippen LogP contribution < -0.4 is 5.73 Å². The average molecular weight is 473 g/mol. The van der Waals surface area contributed by atoms with Gasteiger partial charge in [0, 0.05) is 30.6 Å². The van der Waals surface area contributed by atoms with E-state index in [1.54, 1.807) is 32.7 Å². The first kappa shape index (κ1) is 25.8. The molecular formula is C22H27F3N2O4S. The molecule has 0 amide bonds. The molecule has 176 valence electrons. The lowest BCUT2D eigenvalue weighted by Crippen LogP contribution is -2.39. The molecule has 0 fully saturated rings. The number of nitrogens with zero attached hydrogens (tertiary/aromatic N) is 1. The lowest BCUT2D eigenvalue weighted by molar-refractivity contribution is -0.139. The summed E-state index contributed by atoms with van der Waals surface area (Å²) < 4.78 is 50.7. The maximum atomic E-state index is 13.4. The molecule has 1 aliphatic heterocycles. The van der Waals surface area contributed by atoms with Gasteiger partial charge in [0.2, 0.25) is 0 Å². The Morgan fingerprint density at radius 1 is 1.16 bits per heavy atom. The second kappa shape index (κ2) is 10.9.